The van der Waals surface area contributed by atoms with Gasteiger partial charge in [0.25, 0.3) is 0 Å². The Balaban J connectivity index is 1.87. The molecule has 0 saturated carbocycles. The van der Waals surface area contributed by atoms with E-state index in [1.165, 1.54) is 18.2 Å². The highest BCUT2D eigenvalue weighted by Gasteiger charge is 2.22. The summed E-state index contributed by atoms with van der Waals surface area (Å²) in [6.45, 7) is 1.65. The van der Waals surface area contributed by atoms with Crippen molar-refractivity contribution >= 4 is 11.7 Å². The minimum absolute atomic E-state index is 0.0271. The molecule has 0 heterocycles. The normalized spacial score (nSPS) is 13.0. The van der Waals surface area contributed by atoms with Gasteiger partial charge in [0.15, 0.2) is 0 Å². The van der Waals surface area contributed by atoms with Crippen molar-refractivity contribution in [2.45, 2.75) is 18.9 Å². The van der Waals surface area contributed by atoms with Gasteiger partial charge >= 0.3 is 6.03 Å². The Morgan fingerprint density at radius 2 is 1.88 bits per heavy atom. The zero-order valence-electron chi connectivity index (χ0n) is 13.7. The monoisotopic (exact) mass is 332 g/mol. The van der Waals surface area contributed by atoms with E-state index in [1.54, 1.807) is 20.1 Å². The highest BCUT2D eigenvalue weighted by Crippen LogP contribution is 2.17. The Bertz CT molecular complexity index is 687. The first-order valence-corrected chi connectivity index (χ1v) is 7.54. The fraction of sp³-hybridized carbons (Fsp3) is 0.278. The molecular weight excluding hydrogens is 311 g/mol. The van der Waals surface area contributed by atoms with Crippen LogP contribution >= 0.6 is 0 Å². The van der Waals surface area contributed by atoms with Crippen LogP contribution in [-0.2, 0) is 6.42 Å². The number of hydrogen-bond acceptors (Lipinski definition) is 3. The second-order valence-corrected chi connectivity index (χ2v) is 5.81. The van der Waals surface area contributed by atoms with Crippen molar-refractivity contribution in [3.8, 4) is 5.75 Å². The lowest BCUT2D eigenvalue weighted by atomic mass is 9.96. The lowest BCUT2D eigenvalue weighted by Crippen LogP contribution is -2.43. The molecule has 0 unspecified atom stereocenters. The minimum Gasteiger partial charge on any atom is -0.497 e. The third-order valence-electron chi connectivity index (χ3n) is 3.50. The van der Waals surface area contributed by atoms with Crippen molar-refractivity contribution in [2.75, 3.05) is 19.0 Å². The summed E-state index contributed by atoms with van der Waals surface area (Å²) >= 11 is 0. The number of para-hydroxylation sites is 1. The number of methoxy groups -OCH3 is 1. The van der Waals surface area contributed by atoms with E-state index < -0.39 is 17.4 Å². The molecule has 0 bridgehead atoms. The summed E-state index contributed by atoms with van der Waals surface area (Å²) in [4.78, 5) is 11.8. The van der Waals surface area contributed by atoms with E-state index in [1.807, 2.05) is 24.3 Å². The highest BCUT2D eigenvalue weighted by atomic mass is 19.1. The molecule has 2 rings (SSSR count). The van der Waals surface area contributed by atoms with Gasteiger partial charge in [-0.2, -0.15) is 0 Å². The van der Waals surface area contributed by atoms with Gasteiger partial charge in [-0.15, -0.1) is 0 Å². The molecule has 0 saturated heterocycles. The van der Waals surface area contributed by atoms with Gasteiger partial charge in [-0.3, -0.25) is 0 Å². The molecule has 0 spiro atoms. The van der Waals surface area contributed by atoms with E-state index in [2.05, 4.69) is 10.6 Å². The maximum absolute atomic E-state index is 13.5. The number of rotatable bonds is 6. The molecular formula is C18H21FN2O3. The summed E-state index contributed by atoms with van der Waals surface area (Å²) in [5.41, 5.74) is -0.136. The number of halogens is 1. The Morgan fingerprint density at radius 1 is 1.21 bits per heavy atom. The number of nitrogens with one attached hydrogen (secondary N) is 2. The molecule has 2 aromatic carbocycles. The number of carbonyl (C=O) groups excluding carboxylic acids is 1. The van der Waals surface area contributed by atoms with Crippen molar-refractivity contribution in [1.82, 2.24) is 5.32 Å². The number of ether oxygens (including phenoxy) is 1. The molecule has 2 amide bonds. The average molecular weight is 332 g/mol. The van der Waals surface area contributed by atoms with Crippen LogP contribution < -0.4 is 15.4 Å². The molecule has 0 aliphatic carbocycles. The second-order valence-electron chi connectivity index (χ2n) is 5.81. The van der Waals surface area contributed by atoms with Crippen molar-refractivity contribution < 1.29 is 19.0 Å². The molecule has 5 nitrogen and oxygen atoms in total. The Hall–Kier alpha value is -2.60. The fourth-order valence-electron chi connectivity index (χ4n) is 2.25. The number of benzene rings is 2. The molecule has 0 aliphatic heterocycles. The van der Waals surface area contributed by atoms with Crippen molar-refractivity contribution in [1.29, 1.82) is 0 Å². The molecule has 3 N–H and O–H groups in total. The first-order valence-electron chi connectivity index (χ1n) is 7.54. The summed E-state index contributed by atoms with van der Waals surface area (Å²) in [6.07, 6.45) is 0.358. The number of amides is 2. The van der Waals surface area contributed by atoms with E-state index in [0.717, 1.165) is 11.3 Å². The van der Waals surface area contributed by atoms with Gasteiger partial charge in [0.05, 0.1) is 18.4 Å². The summed E-state index contributed by atoms with van der Waals surface area (Å²) in [5, 5.41) is 15.4. The van der Waals surface area contributed by atoms with Crippen LogP contribution in [-0.4, -0.2) is 30.4 Å². The van der Waals surface area contributed by atoms with Crippen LogP contribution in [0.2, 0.25) is 0 Å². The van der Waals surface area contributed by atoms with Gasteiger partial charge in [-0.1, -0.05) is 24.3 Å². The standard InChI is InChI=1S/C18H21FN2O3/c1-18(23,11-13-7-9-14(24-2)10-8-13)12-20-17(22)21-16-6-4-3-5-15(16)19/h3-10,23H,11-12H2,1-2H3,(H2,20,21,22)/t18-/m0/s1. The smallest absolute Gasteiger partial charge is 0.319 e. The first-order chi connectivity index (χ1) is 11.4. The summed E-state index contributed by atoms with van der Waals surface area (Å²) in [6, 6.07) is 12.6. The zero-order chi connectivity index (χ0) is 17.6. The molecule has 0 radical (unpaired) electrons. The summed E-state index contributed by atoms with van der Waals surface area (Å²) < 4.78 is 18.6. The molecule has 6 heteroatoms. The predicted octanol–water partition coefficient (Wildman–Crippen LogP) is 2.95. The number of carbonyl (C=O) groups is 1. The topological polar surface area (TPSA) is 70.6 Å². The van der Waals surface area contributed by atoms with Gasteiger partial charge in [0.2, 0.25) is 0 Å². The molecule has 128 valence electrons. The molecule has 0 aliphatic rings. The van der Waals surface area contributed by atoms with Gasteiger partial charge in [-0.25, -0.2) is 9.18 Å². The van der Waals surface area contributed by atoms with Crippen LogP contribution in [0.5, 0.6) is 5.75 Å². The Kier molecular flexibility index (Phi) is 5.76. The average Bonchev–Trinajstić information content (AvgIpc) is 2.56. The third kappa shape index (κ3) is 5.24. The van der Waals surface area contributed by atoms with Crippen LogP contribution in [0.4, 0.5) is 14.9 Å². The summed E-state index contributed by atoms with van der Waals surface area (Å²) in [5.74, 6) is 0.221. The number of anilines is 1. The molecule has 0 aromatic heterocycles. The number of hydrogen-bond donors (Lipinski definition) is 3. The fourth-order valence-corrected chi connectivity index (χ4v) is 2.25. The number of urea groups is 1. The van der Waals surface area contributed by atoms with E-state index in [4.69, 9.17) is 4.74 Å². The molecule has 0 fully saturated rings. The van der Waals surface area contributed by atoms with Gasteiger partial charge in [-0.05, 0) is 36.8 Å². The van der Waals surface area contributed by atoms with Crippen molar-refractivity contribution in [2.24, 2.45) is 0 Å². The molecule has 1 atom stereocenters. The molecule has 2 aromatic rings. The predicted molar refractivity (Wildman–Crippen MR) is 90.7 cm³/mol. The number of aliphatic hydroxyl groups is 1. The molecule has 24 heavy (non-hydrogen) atoms. The van der Waals surface area contributed by atoms with Gasteiger partial charge in [0, 0.05) is 13.0 Å². The van der Waals surface area contributed by atoms with Crippen LogP contribution in [0.25, 0.3) is 0 Å². The maximum atomic E-state index is 13.5. The van der Waals surface area contributed by atoms with E-state index in [-0.39, 0.29) is 12.2 Å². The summed E-state index contributed by atoms with van der Waals surface area (Å²) in [7, 11) is 1.59. The van der Waals surface area contributed by atoms with Crippen LogP contribution in [0.3, 0.4) is 0 Å². The SMILES string of the molecule is COc1ccc(C[C@](C)(O)CNC(=O)Nc2ccccc2F)cc1. The lowest BCUT2D eigenvalue weighted by molar-refractivity contribution is 0.0629. The third-order valence-corrected chi connectivity index (χ3v) is 3.50. The van der Waals surface area contributed by atoms with Gasteiger partial charge < -0.3 is 20.5 Å². The Morgan fingerprint density at radius 3 is 2.50 bits per heavy atom. The largest absolute Gasteiger partial charge is 0.497 e. The first kappa shape index (κ1) is 17.7. The van der Waals surface area contributed by atoms with Crippen molar-refractivity contribution in [3.63, 3.8) is 0 Å². The van der Waals surface area contributed by atoms with Crippen molar-refractivity contribution in [3.05, 3.63) is 59.9 Å². The Labute approximate surface area is 140 Å². The van der Waals surface area contributed by atoms with Gasteiger partial charge in [0.1, 0.15) is 11.6 Å². The highest BCUT2D eigenvalue weighted by molar-refractivity contribution is 5.89. The maximum Gasteiger partial charge on any atom is 0.319 e. The zero-order valence-corrected chi connectivity index (χ0v) is 13.7. The van der Waals surface area contributed by atoms with E-state index >= 15 is 0 Å². The van der Waals surface area contributed by atoms with Crippen LogP contribution in [0.1, 0.15) is 12.5 Å². The van der Waals surface area contributed by atoms with Crippen LogP contribution in [0, 0.1) is 5.82 Å². The quantitative estimate of drug-likeness (QED) is 0.762. The van der Waals surface area contributed by atoms with E-state index in [0.29, 0.717) is 6.42 Å². The van der Waals surface area contributed by atoms with E-state index in [9.17, 15) is 14.3 Å². The minimum atomic E-state index is -1.14. The second kappa shape index (κ2) is 7.79. The lowest BCUT2D eigenvalue weighted by Gasteiger charge is -2.24. The van der Waals surface area contributed by atoms with Crippen LogP contribution in [0.15, 0.2) is 48.5 Å².